The van der Waals surface area contributed by atoms with Gasteiger partial charge in [-0.1, -0.05) is 18.2 Å². The molecule has 0 spiro atoms. The zero-order valence-electron chi connectivity index (χ0n) is 16.4. The molecule has 0 atom stereocenters. The molecule has 2 aromatic heterocycles. The van der Waals surface area contributed by atoms with E-state index in [0.29, 0.717) is 18.0 Å². The molecule has 0 saturated heterocycles. The van der Waals surface area contributed by atoms with Gasteiger partial charge < -0.3 is 10.1 Å². The Balaban J connectivity index is 1.60. The summed E-state index contributed by atoms with van der Waals surface area (Å²) in [6.45, 7) is 8.99. The lowest BCUT2D eigenvalue weighted by Crippen LogP contribution is -2.22. The Morgan fingerprint density at radius 3 is 2.56 bits per heavy atom. The second-order valence-corrected chi connectivity index (χ2v) is 7.70. The van der Waals surface area contributed by atoms with E-state index in [9.17, 15) is 4.79 Å². The van der Waals surface area contributed by atoms with Crippen LogP contribution in [0.25, 0.3) is 0 Å². The number of hydrogen-bond acceptors (Lipinski definition) is 4. The van der Waals surface area contributed by atoms with Gasteiger partial charge in [-0.05, 0) is 50.3 Å². The second-order valence-electron chi connectivity index (χ2n) is 6.78. The van der Waals surface area contributed by atoms with Crippen molar-refractivity contribution in [1.29, 1.82) is 0 Å². The zero-order chi connectivity index (χ0) is 19.6. The first kappa shape index (κ1) is 19.2. The number of hydrogen-bond donors (Lipinski definition) is 1. The van der Waals surface area contributed by atoms with Gasteiger partial charge in [0.05, 0.1) is 10.6 Å². The van der Waals surface area contributed by atoms with Crippen molar-refractivity contribution >= 4 is 17.2 Å². The number of benzene rings is 1. The highest BCUT2D eigenvalue weighted by Gasteiger charge is 2.13. The number of nitrogens with one attached hydrogen (secondary N) is 1. The first-order valence-electron chi connectivity index (χ1n) is 8.90. The summed E-state index contributed by atoms with van der Waals surface area (Å²) in [5.74, 6) is 0.846. The Kier molecular flexibility index (Phi) is 5.65. The molecule has 0 fully saturated rings. The SMILES string of the molecule is Cc1cccc(C)c1OCc1csc(C(=O)NCc2c(C)nn(C)c2C)c1. The molecule has 1 aromatic carbocycles. The molecular formula is C21H25N3O2S. The quantitative estimate of drug-likeness (QED) is 0.693. The highest BCUT2D eigenvalue weighted by molar-refractivity contribution is 7.12. The van der Waals surface area contributed by atoms with E-state index in [2.05, 4.69) is 10.4 Å². The van der Waals surface area contributed by atoms with Crippen LogP contribution in [0.3, 0.4) is 0 Å². The van der Waals surface area contributed by atoms with Gasteiger partial charge in [0.2, 0.25) is 0 Å². The van der Waals surface area contributed by atoms with Crippen LogP contribution in [0.2, 0.25) is 0 Å². The summed E-state index contributed by atoms with van der Waals surface area (Å²) in [4.78, 5) is 13.2. The van der Waals surface area contributed by atoms with E-state index in [0.717, 1.165) is 39.4 Å². The molecule has 1 N–H and O–H groups in total. The minimum atomic E-state index is -0.0685. The Bertz CT molecular complexity index is 952. The van der Waals surface area contributed by atoms with E-state index in [-0.39, 0.29) is 5.91 Å². The Hall–Kier alpha value is -2.60. The Morgan fingerprint density at radius 1 is 1.22 bits per heavy atom. The third-order valence-corrected chi connectivity index (χ3v) is 5.73. The van der Waals surface area contributed by atoms with Crippen molar-refractivity contribution in [3.63, 3.8) is 0 Å². The molecule has 0 saturated carbocycles. The van der Waals surface area contributed by atoms with Crippen LogP contribution in [-0.2, 0) is 20.2 Å². The lowest BCUT2D eigenvalue weighted by molar-refractivity contribution is 0.0955. The lowest BCUT2D eigenvalue weighted by atomic mass is 10.1. The van der Waals surface area contributed by atoms with Crippen LogP contribution in [0, 0.1) is 27.7 Å². The molecule has 142 valence electrons. The maximum Gasteiger partial charge on any atom is 0.261 e. The van der Waals surface area contributed by atoms with E-state index >= 15 is 0 Å². The number of ether oxygens (including phenoxy) is 1. The van der Waals surface area contributed by atoms with E-state index in [1.807, 2.05) is 69.1 Å². The van der Waals surface area contributed by atoms with Crippen LogP contribution in [0.4, 0.5) is 0 Å². The van der Waals surface area contributed by atoms with Gasteiger partial charge >= 0.3 is 0 Å². The number of nitrogens with zero attached hydrogens (tertiary/aromatic N) is 2. The molecule has 3 aromatic rings. The van der Waals surface area contributed by atoms with Crippen molar-refractivity contribution in [2.75, 3.05) is 0 Å². The molecule has 3 rings (SSSR count). The molecule has 0 aliphatic heterocycles. The number of aromatic nitrogens is 2. The largest absolute Gasteiger partial charge is 0.488 e. The van der Waals surface area contributed by atoms with Gasteiger partial charge in [-0.3, -0.25) is 9.48 Å². The van der Waals surface area contributed by atoms with Gasteiger partial charge in [0.1, 0.15) is 12.4 Å². The third-order valence-electron chi connectivity index (χ3n) is 4.75. The van der Waals surface area contributed by atoms with Crippen LogP contribution >= 0.6 is 11.3 Å². The average molecular weight is 384 g/mol. The monoisotopic (exact) mass is 383 g/mol. The summed E-state index contributed by atoms with van der Waals surface area (Å²) >= 11 is 1.44. The molecule has 27 heavy (non-hydrogen) atoms. The van der Waals surface area contributed by atoms with Gasteiger partial charge in [0.25, 0.3) is 5.91 Å². The third kappa shape index (κ3) is 4.22. The van der Waals surface area contributed by atoms with Crippen molar-refractivity contribution < 1.29 is 9.53 Å². The van der Waals surface area contributed by atoms with Crippen molar-refractivity contribution in [3.8, 4) is 5.75 Å². The normalized spacial score (nSPS) is 10.9. The van der Waals surface area contributed by atoms with Crippen LogP contribution < -0.4 is 10.1 Å². The Labute approximate surface area is 164 Å². The molecule has 2 heterocycles. The topological polar surface area (TPSA) is 56.1 Å². The van der Waals surface area contributed by atoms with E-state index in [1.54, 1.807) is 0 Å². The molecule has 1 amide bonds. The molecule has 0 radical (unpaired) electrons. The fourth-order valence-corrected chi connectivity index (χ4v) is 3.89. The van der Waals surface area contributed by atoms with Crippen LogP contribution in [0.5, 0.6) is 5.75 Å². The number of carbonyl (C=O) groups excluding carboxylic acids is 1. The molecule has 5 nitrogen and oxygen atoms in total. The van der Waals surface area contributed by atoms with Crippen molar-refractivity contribution in [1.82, 2.24) is 15.1 Å². The van der Waals surface area contributed by atoms with Crippen molar-refractivity contribution in [2.24, 2.45) is 7.05 Å². The lowest BCUT2D eigenvalue weighted by Gasteiger charge is -2.10. The molecule has 0 aliphatic rings. The van der Waals surface area contributed by atoms with Gasteiger partial charge in [0.15, 0.2) is 0 Å². The van der Waals surface area contributed by atoms with E-state index in [1.165, 1.54) is 11.3 Å². The van der Waals surface area contributed by atoms with Crippen molar-refractivity contribution in [3.05, 3.63) is 68.2 Å². The van der Waals surface area contributed by atoms with Crippen LogP contribution in [-0.4, -0.2) is 15.7 Å². The summed E-state index contributed by atoms with van der Waals surface area (Å²) in [5.41, 5.74) is 6.32. The first-order chi connectivity index (χ1) is 12.9. The molecule has 6 heteroatoms. The Morgan fingerprint density at radius 2 is 1.93 bits per heavy atom. The predicted molar refractivity (Wildman–Crippen MR) is 108 cm³/mol. The smallest absolute Gasteiger partial charge is 0.261 e. The maximum atomic E-state index is 12.5. The number of para-hydroxylation sites is 1. The number of amides is 1. The minimum absolute atomic E-state index is 0.0685. The van der Waals surface area contributed by atoms with Crippen LogP contribution in [0.1, 0.15) is 43.3 Å². The number of rotatable bonds is 6. The molecular weight excluding hydrogens is 358 g/mol. The zero-order valence-corrected chi connectivity index (χ0v) is 17.2. The number of carbonyl (C=O) groups is 1. The van der Waals surface area contributed by atoms with E-state index in [4.69, 9.17) is 4.74 Å². The van der Waals surface area contributed by atoms with Crippen molar-refractivity contribution in [2.45, 2.75) is 40.8 Å². The van der Waals surface area contributed by atoms with Gasteiger partial charge in [-0.25, -0.2) is 0 Å². The van der Waals surface area contributed by atoms with E-state index < -0.39 is 0 Å². The second kappa shape index (κ2) is 7.96. The summed E-state index contributed by atoms with van der Waals surface area (Å²) in [5, 5.41) is 9.35. The first-order valence-corrected chi connectivity index (χ1v) is 9.78. The summed E-state index contributed by atoms with van der Waals surface area (Å²) in [6, 6.07) is 8.00. The number of aryl methyl sites for hydroxylation is 4. The standard InChI is InChI=1S/C21H25N3O2S/c1-13-7-6-8-14(2)20(13)26-11-17-9-19(27-12-17)21(25)22-10-18-15(3)23-24(5)16(18)4/h6-9,12H,10-11H2,1-5H3,(H,22,25). The average Bonchev–Trinajstić information content (AvgIpc) is 3.18. The fourth-order valence-electron chi connectivity index (χ4n) is 3.08. The van der Waals surface area contributed by atoms with Gasteiger partial charge in [-0.2, -0.15) is 5.10 Å². The summed E-state index contributed by atoms with van der Waals surface area (Å²) < 4.78 is 7.81. The summed E-state index contributed by atoms with van der Waals surface area (Å²) in [6.07, 6.45) is 0. The molecule has 0 aliphatic carbocycles. The maximum absolute atomic E-state index is 12.5. The van der Waals surface area contributed by atoms with Gasteiger partial charge in [0, 0.05) is 30.4 Å². The predicted octanol–water partition coefficient (Wildman–Crippen LogP) is 4.22. The highest BCUT2D eigenvalue weighted by Crippen LogP contribution is 2.24. The summed E-state index contributed by atoms with van der Waals surface area (Å²) in [7, 11) is 1.91. The fraction of sp³-hybridized carbons (Fsp3) is 0.333. The minimum Gasteiger partial charge on any atom is -0.488 e. The van der Waals surface area contributed by atoms with Gasteiger partial charge in [-0.15, -0.1) is 11.3 Å². The highest BCUT2D eigenvalue weighted by atomic mass is 32.1. The molecule has 0 bridgehead atoms. The number of thiophene rings is 1. The van der Waals surface area contributed by atoms with Crippen LogP contribution in [0.15, 0.2) is 29.6 Å². The molecule has 0 unspecified atom stereocenters.